The van der Waals surface area contributed by atoms with Crippen LogP contribution in [0.5, 0.6) is 0 Å². The van der Waals surface area contributed by atoms with Gasteiger partial charge in [-0.2, -0.15) is 0 Å². The molecule has 1 nitrogen and oxygen atoms in total. The Bertz CT molecular complexity index is 631. The van der Waals surface area contributed by atoms with Gasteiger partial charge in [-0.3, -0.25) is 4.79 Å². The molecule has 0 saturated heterocycles. The molecule has 0 fully saturated rings. The Morgan fingerprint density at radius 2 is 1.62 bits per heavy atom. The second-order valence-electron chi connectivity index (χ2n) is 5.11. The van der Waals surface area contributed by atoms with E-state index in [0.717, 1.165) is 17.7 Å². The average Bonchev–Trinajstić information content (AvgIpc) is 2.50. The first kappa shape index (κ1) is 15.4. The molecule has 0 heterocycles. The van der Waals surface area contributed by atoms with Gasteiger partial charge in [-0.05, 0) is 30.5 Å². The van der Waals surface area contributed by atoms with Gasteiger partial charge in [0.2, 0.25) is 0 Å². The number of halogens is 2. The molecule has 21 heavy (non-hydrogen) atoms. The lowest BCUT2D eigenvalue weighted by Gasteiger charge is -2.31. The second kappa shape index (κ2) is 6.17. The number of hydrogen-bond donors (Lipinski definition) is 0. The third-order valence-electron chi connectivity index (χ3n) is 4.14. The van der Waals surface area contributed by atoms with E-state index in [1.165, 1.54) is 6.07 Å². The molecule has 0 unspecified atom stereocenters. The summed E-state index contributed by atoms with van der Waals surface area (Å²) in [4.78, 5) is 12.9. The van der Waals surface area contributed by atoms with Crippen molar-refractivity contribution < 1.29 is 13.6 Å². The standard InChI is InChI=1S/C18H18F2O/c1-3-18(4-2,13-8-6-5-7-9-13)17(21)15-11-10-14(19)12-16(15)20/h5-12H,3-4H2,1-2H3. The molecule has 0 aliphatic carbocycles. The fourth-order valence-corrected chi connectivity index (χ4v) is 2.80. The molecule has 0 aliphatic rings. The number of rotatable bonds is 5. The SMILES string of the molecule is CCC(CC)(C(=O)c1ccc(F)cc1F)c1ccccc1. The van der Waals surface area contributed by atoms with Gasteiger partial charge in [0.05, 0.1) is 11.0 Å². The van der Waals surface area contributed by atoms with Crippen LogP contribution in [-0.2, 0) is 5.41 Å². The Labute approximate surface area is 123 Å². The Balaban J connectivity index is 2.55. The second-order valence-corrected chi connectivity index (χ2v) is 5.11. The first-order chi connectivity index (χ1) is 10.0. The topological polar surface area (TPSA) is 17.1 Å². The Morgan fingerprint density at radius 1 is 1.00 bits per heavy atom. The lowest BCUT2D eigenvalue weighted by molar-refractivity contribution is 0.0868. The van der Waals surface area contributed by atoms with Crippen LogP contribution < -0.4 is 0 Å². The predicted molar refractivity (Wildman–Crippen MR) is 79.4 cm³/mol. The quantitative estimate of drug-likeness (QED) is 0.715. The van der Waals surface area contributed by atoms with Crippen molar-refractivity contribution >= 4 is 5.78 Å². The number of Topliss-reactive ketones (excluding diaryl/α,β-unsaturated/α-hetero) is 1. The van der Waals surface area contributed by atoms with Crippen LogP contribution in [0, 0.1) is 11.6 Å². The maximum Gasteiger partial charge on any atom is 0.176 e. The smallest absolute Gasteiger partial charge is 0.176 e. The van der Waals surface area contributed by atoms with E-state index in [1.807, 2.05) is 44.2 Å². The molecule has 2 rings (SSSR count). The fourth-order valence-electron chi connectivity index (χ4n) is 2.80. The minimum atomic E-state index is -0.804. The Hall–Kier alpha value is -2.03. The van der Waals surface area contributed by atoms with Crippen molar-refractivity contribution in [2.45, 2.75) is 32.1 Å². The van der Waals surface area contributed by atoms with Gasteiger partial charge >= 0.3 is 0 Å². The van der Waals surface area contributed by atoms with Gasteiger partial charge in [0.25, 0.3) is 0 Å². The first-order valence-electron chi connectivity index (χ1n) is 7.10. The molecule has 0 amide bonds. The summed E-state index contributed by atoms with van der Waals surface area (Å²) in [5.41, 5.74) is 0.0348. The van der Waals surface area contributed by atoms with Gasteiger partial charge in [-0.25, -0.2) is 8.78 Å². The summed E-state index contributed by atoms with van der Waals surface area (Å²) < 4.78 is 27.0. The minimum absolute atomic E-state index is 0.0519. The lowest BCUT2D eigenvalue weighted by atomic mass is 9.70. The molecular formula is C18H18F2O. The predicted octanol–water partition coefficient (Wildman–Crippen LogP) is 4.91. The molecule has 0 aliphatic heterocycles. The van der Waals surface area contributed by atoms with E-state index < -0.39 is 17.0 Å². The molecule has 0 atom stereocenters. The van der Waals surface area contributed by atoms with Crippen molar-refractivity contribution in [3.8, 4) is 0 Å². The average molecular weight is 288 g/mol. The normalized spacial score (nSPS) is 11.4. The summed E-state index contributed by atoms with van der Waals surface area (Å²) in [5, 5.41) is 0. The van der Waals surface area contributed by atoms with Crippen LogP contribution >= 0.6 is 0 Å². The number of carbonyl (C=O) groups is 1. The molecule has 0 bridgehead atoms. The minimum Gasteiger partial charge on any atom is -0.293 e. The summed E-state index contributed by atoms with van der Waals surface area (Å²) in [6.07, 6.45) is 1.12. The molecule has 3 heteroatoms. The zero-order valence-electron chi connectivity index (χ0n) is 12.2. The maximum absolute atomic E-state index is 14.0. The molecular weight excluding hydrogens is 270 g/mol. The Kier molecular flexibility index (Phi) is 4.51. The van der Waals surface area contributed by atoms with Gasteiger partial charge in [-0.15, -0.1) is 0 Å². The molecule has 0 radical (unpaired) electrons. The Morgan fingerprint density at radius 3 is 2.14 bits per heavy atom. The molecule has 0 aromatic heterocycles. The summed E-state index contributed by atoms with van der Waals surface area (Å²) >= 11 is 0. The highest BCUT2D eigenvalue weighted by Gasteiger charge is 2.38. The van der Waals surface area contributed by atoms with Crippen molar-refractivity contribution in [1.29, 1.82) is 0 Å². The third-order valence-corrected chi connectivity index (χ3v) is 4.14. The molecule has 2 aromatic carbocycles. The van der Waals surface area contributed by atoms with Crippen LogP contribution in [0.4, 0.5) is 8.78 Å². The fraction of sp³-hybridized carbons (Fsp3) is 0.278. The van der Waals surface area contributed by atoms with Gasteiger partial charge in [0.1, 0.15) is 11.6 Å². The molecule has 0 N–H and O–H groups in total. The van der Waals surface area contributed by atoms with E-state index in [4.69, 9.17) is 0 Å². The van der Waals surface area contributed by atoms with Crippen LogP contribution in [0.15, 0.2) is 48.5 Å². The highest BCUT2D eigenvalue weighted by Crippen LogP contribution is 2.35. The zero-order valence-corrected chi connectivity index (χ0v) is 12.2. The van der Waals surface area contributed by atoms with E-state index in [1.54, 1.807) is 0 Å². The highest BCUT2D eigenvalue weighted by atomic mass is 19.1. The summed E-state index contributed by atoms with van der Waals surface area (Å²) in [6, 6.07) is 12.5. The summed E-state index contributed by atoms with van der Waals surface area (Å²) in [7, 11) is 0. The largest absolute Gasteiger partial charge is 0.293 e. The zero-order chi connectivity index (χ0) is 15.5. The van der Waals surface area contributed by atoms with Crippen molar-refractivity contribution in [3.63, 3.8) is 0 Å². The van der Waals surface area contributed by atoms with Crippen molar-refractivity contribution in [2.24, 2.45) is 0 Å². The van der Waals surface area contributed by atoms with Crippen LogP contribution in [0.25, 0.3) is 0 Å². The van der Waals surface area contributed by atoms with Crippen LogP contribution in [0.2, 0.25) is 0 Å². The van der Waals surface area contributed by atoms with Crippen molar-refractivity contribution in [3.05, 3.63) is 71.3 Å². The molecule has 110 valence electrons. The van der Waals surface area contributed by atoms with Gasteiger partial charge < -0.3 is 0 Å². The third kappa shape index (κ3) is 2.73. The van der Waals surface area contributed by atoms with Gasteiger partial charge in [0, 0.05) is 6.07 Å². The number of benzene rings is 2. The number of hydrogen-bond acceptors (Lipinski definition) is 1. The van der Waals surface area contributed by atoms with Gasteiger partial charge in [-0.1, -0.05) is 44.2 Å². The molecule has 2 aromatic rings. The first-order valence-corrected chi connectivity index (χ1v) is 7.10. The van der Waals surface area contributed by atoms with Crippen molar-refractivity contribution in [2.75, 3.05) is 0 Å². The van der Waals surface area contributed by atoms with Gasteiger partial charge in [0.15, 0.2) is 5.78 Å². The monoisotopic (exact) mass is 288 g/mol. The van der Waals surface area contributed by atoms with Crippen LogP contribution in [0.1, 0.15) is 42.6 Å². The van der Waals surface area contributed by atoms with E-state index >= 15 is 0 Å². The number of carbonyl (C=O) groups excluding carboxylic acids is 1. The lowest BCUT2D eigenvalue weighted by Crippen LogP contribution is -2.35. The van der Waals surface area contributed by atoms with E-state index in [0.29, 0.717) is 12.8 Å². The van der Waals surface area contributed by atoms with E-state index in [2.05, 4.69) is 0 Å². The van der Waals surface area contributed by atoms with E-state index in [-0.39, 0.29) is 11.3 Å². The summed E-state index contributed by atoms with van der Waals surface area (Å²) in [6.45, 7) is 3.83. The van der Waals surface area contributed by atoms with Crippen LogP contribution in [-0.4, -0.2) is 5.78 Å². The summed E-state index contributed by atoms with van der Waals surface area (Å²) in [5.74, 6) is -1.78. The highest BCUT2D eigenvalue weighted by molar-refractivity contribution is 6.04. The van der Waals surface area contributed by atoms with Crippen molar-refractivity contribution in [1.82, 2.24) is 0 Å². The van der Waals surface area contributed by atoms with E-state index in [9.17, 15) is 13.6 Å². The van der Waals surface area contributed by atoms with Crippen LogP contribution in [0.3, 0.4) is 0 Å². The maximum atomic E-state index is 14.0. The molecule has 0 saturated carbocycles. The molecule has 0 spiro atoms. The number of ketones is 1.